The van der Waals surface area contributed by atoms with Crippen molar-refractivity contribution < 1.29 is 0 Å². The summed E-state index contributed by atoms with van der Waals surface area (Å²) in [5, 5.41) is 0. The minimum absolute atomic E-state index is 0.536. The quantitative estimate of drug-likeness (QED) is 0.600. The van der Waals surface area contributed by atoms with Crippen molar-refractivity contribution in [3.63, 3.8) is 0 Å². The minimum Gasteiger partial charge on any atom is -0.0625 e. The van der Waals surface area contributed by atoms with E-state index in [0.717, 1.165) is 23.7 Å². The van der Waals surface area contributed by atoms with Crippen LogP contribution in [0.4, 0.5) is 0 Å². The first-order chi connectivity index (χ1) is 7.53. The van der Waals surface area contributed by atoms with E-state index in [-0.39, 0.29) is 0 Å². The summed E-state index contributed by atoms with van der Waals surface area (Å²) in [6, 6.07) is 0. The Morgan fingerprint density at radius 2 is 1.41 bits per heavy atom. The van der Waals surface area contributed by atoms with Crippen molar-refractivity contribution in [2.75, 3.05) is 0 Å². The normalized spacial score (nSPS) is 57.4. The maximum absolute atomic E-state index is 2.61. The second-order valence-electron chi connectivity index (χ2n) is 9.12. The number of rotatable bonds is 1. The summed E-state index contributed by atoms with van der Waals surface area (Å²) in [5.41, 5.74) is 2.32. The summed E-state index contributed by atoms with van der Waals surface area (Å²) < 4.78 is 0. The Balaban J connectivity index is 2.01. The van der Waals surface area contributed by atoms with Crippen LogP contribution in [-0.2, 0) is 0 Å². The zero-order valence-corrected chi connectivity index (χ0v) is 13.0. The van der Waals surface area contributed by atoms with Crippen molar-refractivity contribution in [2.45, 2.75) is 61.8 Å². The Morgan fingerprint density at radius 1 is 0.882 bits per heavy atom. The molecule has 98 valence electrons. The summed E-state index contributed by atoms with van der Waals surface area (Å²) in [6.07, 6.45) is 1.48. The third-order valence-electron chi connectivity index (χ3n) is 8.33. The molecule has 0 bridgehead atoms. The zero-order valence-electron chi connectivity index (χ0n) is 13.0. The van der Waals surface area contributed by atoms with E-state index in [2.05, 4.69) is 55.4 Å². The van der Waals surface area contributed by atoms with Gasteiger partial charge in [0.05, 0.1) is 0 Å². The van der Waals surface area contributed by atoms with E-state index in [1.165, 1.54) is 6.42 Å². The zero-order chi connectivity index (χ0) is 13.0. The second kappa shape index (κ2) is 2.63. The van der Waals surface area contributed by atoms with Crippen molar-refractivity contribution in [2.24, 2.45) is 45.3 Å². The van der Waals surface area contributed by atoms with Gasteiger partial charge in [0.1, 0.15) is 0 Å². The van der Waals surface area contributed by atoms with Gasteiger partial charge in [-0.3, -0.25) is 0 Å². The van der Waals surface area contributed by atoms with Crippen LogP contribution in [0.2, 0.25) is 0 Å². The van der Waals surface area contributed by atoms with Gasteiger partial charge in [-0.05, 0) is 51.8 Å². The third-order valence-corrected chi connectivity index (χ3v) is 8.33. The lowest BCUT2D eigenvalue weighted by Gasteiger charge is -2.93. The van der Waals surface area contributed by atoms with Crippen molar-refractivity contribution in [3.8, 4) is 0 Å². The van der Waals surface area contributed by atoms with Crippen LogP contribution in [0.3, 0.4) is 0 Å². The first-order valence-corrected chi connectivity index (χ1v) is 7.53. The van der Waals surface area contributed by atoms with Crippen LogP contribution in [0.25, 0.3) is 0 Å². The lowest BCUT2D eigenvalue weighted by atomic mass is 9.11. The highest BCUT2D eigenvalue weighted by atomic mass is 14.9. The molecular weight excluding hydrogens is 204 g/mol. The molecule has 0 N–H and O–H groups in total. The molecule has 0 heterocycles. The van der Waals surface area contributed by atoms with Gasteiger partial charge in [-0.1, -0.05) is 55.4 Å². The SMILES string of the molecule is CC(C)C1C2C3CC(C)(C)C3(C)C2(C)C1(C)C. The largest absolute Gasteiger partial charge is 0.0625 e. The molecule has 3 saturated carbocycles. The van der Waals surface area contributed by atoms with Gasteiger partial charge >= 0.3 is 0 Å². The van der Waals surface area contributed by atoms with Gasteiger partial charge in [-0.25, -0.2) is 0 Å². The van der Waals surface area contributed by atoms with Gasteiger partial charge in [0.25, 0.3) is 0 Å². The predicted octanol–water partition coefficient (Wildman–Crippen LogP) is 4.99. The van der Waals surface area contributed by atoms with Crippen LogP contribution >= 0.6 is 0 Å². The highest BCUT2D eigenvalue weighted by molar-refractivity contribution is 5.35. The monoisotopic (exact) mass is 234 g/mol. The van der Waals surface area contributed by atoms with E-state index < -0.39 is 0 Å². The molecular formula is C17H30. The molecule has 0 heteroatoms. The highest BCUT2D eigenvalue weighted by Gasteiger charge is 2.88. The molecule has 0 aromatic rings. The van der Waals surface area contributed by atoms with Crippen LogP contribution in [0, 0.1) is 45.3 Å². The predicted molar refractivity (Wildman–Crippen MR) is 73.7 cm³/mol. The fraction of sp³-hybridized carbons (Fsp3) is 1.00. The van der Waals surface area contributed by atoms with E-state index in [0.29, 0.717) is 21.7 Å². The van der Waals surface area contributed by atoms with Crippen LogP contribution in [0.5, 0.6) is 0 Å². The molecule has 17 heavy (non-hydrogen) atoms. The maximum atomic E-state index is 2.61. The van der Waals surface area contributed by atoms with Gasteiger partial charge in [-0.2, -0.15) is 0 Å². The smallest absolute Gasteiger partial charge is 0.0176 e. The number of fused-ring (bicyclic) bond motifs is 4. The van der Waals surface area contributed by atoms with Gasteiger partial charge < -0.3 is 0 Å². The van der Waals surface area contributed by atoms with Crippen LogP contribution in [-0.4, -0.2) is 0 Å². The topological polar surface area (TPSA) is 0 Å². The highest BCUT2D eigenvalue weighted by Crippen LogP contribution is 2.93. The van der Waals surface area contributed by atoms with E-state index in [1.807, 2.05) is 0 Å². The Labute approximate surface area is 108 Å². The molecule has 3 aliphatic rings. The summed E-state index contributed by atoms with van der Waals surface area (Å²) in [6.45, 7) is 20.2. The molecule has 5 atom stereocenters. The van der Waals surface area contributed by atoms with Crippen LogP contribution in [0.15, 0.2) is 0 Å². The fourth-order valence-electron chi connectivity index (χ4n) is 7.22. The fourth-order valence-corrected chi connectivity index (χ4v) is 7.22. The Bertz CT molecular complexity index is 375. The molecule has 3 rings (SSSR count). The molecule has 0 saturated heterocycles. The first-order valence-electron chi connectivity index (χ1n) is 7.53. The Morgan fingerprint density at radius 3 is 1.82 bits per heavy atom. The Kier molecular flexibility index (Phi) is 1.86. The summed E-state index contributed by atoms with van der Waals surface area (Å²) >= 11 is 0. The molecule has 0 amide bonds. The van der Waals surface area contributed by atoms with Crippen molar-refractivity contribution in [1.29, 1.82) is 0 Å². The van der Waals surface area contributed by atoms with Gasteiger partial charge in [0.15, 0.2) is 0 Å². The molecule has 0 nitrogen and oxygen atoms in total. The van der Waals surface area contributed by atoms with Gasteiger partial charge in [0, 0.05) is 0 Å². The molecule has 0 radical (unpaired) electrons. The standard InChI is InChI=1S/C17H30/c1-10(2)12-13-11-9-14(3,4)16(11,7)17(13,8)15(12,5)6/h10-13H,9H2,1-8H3. The molecule has 0 aromatic carbocycles. The molecule has 0 aromatic heterocycles. The summed E-state index contributed by atoms with van der Waals surface area (Å²) in [4.78, 5) is 0. The molecule has 3 fully saturated rings. The van der Waals surface area contributed by atoms with Crippen LogP contribution < -0.4 is 0 Å². The van der Waals surface area contributed by atoms with E-state index in [4.69, 9.17) is 0 Å². The number of hydrogen-bond acceptors (Lipinski definition) is 0. The average molecular weight is 234 g/mol. The lowest BCUT2D eigenvalue weighted by molar-refractivity contribution is -0.455. The van der Waals surface area contributed by atoms with E-state index >= 15 is 0 Å². The third kappa shape index (κ3) is 0.816. The van der Waals surface area contributed by atoms with Gasteiger partial charge in [0.2, 0.25) is 0 Å². The van der Waals surface area contributed by atoms with Crippen molar-refractivity contribution in [3.05, 3.63) is 0 Å². The number of hydrogen-bond donors (Lipinski definition) is 0. The van der Waals surface area contributed by atoms with E-state index in [9.17, 15) is 0 Å². The van der Waals surface area contributed by atoms with Crippen molar-refractivity contribution in [1.82, 2.24) is 0 Å². The summed E-state index contributed by atoms with van der Waals surface area (Å²) in [7, 11) is 0. The second-order valence-corrected chi connectivity index (χ2v) is 9.12. The van der Waals surface area contributed by atoms with Crippen LogP contribution in [0.1, 0.15) is 61.8 Å². The molecule has 0 aliphatic heterocycles. The molecule has 5 unspecified atom stereocenters. The van der Waals surface area contributed by atoms with Gasteiger partial charge in [-0.15, -0.1) is 0 Å². The molecule has 3 aliphatic carbocycles. The van der Waals surface area contributed by atoms with Crippen molar-refractivity contribution >= 4 is 0 Å². The minimum atomic E-state index is 0.536. The first kappa shape index (κ1) is 12.1. The van der Waals surface area contributed by atoms with E-state index in [1.54, 1.807) is 0 Å². The maximum Gasteiger partial charge on any atom is -0.0176 e. The lowest BCUT2D eigenvalue weighted by Crippen LogP contribution is -2.88. The Hall–Kier alpha value is 0. The summed E-state index contributed by atoms with van der Waals surface area (Å²) in [5.74, 6) is 3.87. The molecule has 0 spiro atoms. The average Bonchev–Trinajstić information content (AvgIpc) is 2.19.